The van der Waals surface area contributed by atoms with Crippen LogP contribution in [0.5, 0.6) is 0 Å². The van der Waals surface area contributed by atoms with Crippen LogP contribution in [0.1, 0.15) is 32.6 Å². The van der Waals surface area contributed by atoms with E-state index >= 15 is 0 Å². The van der Waals surface area contributed by atoms with E-state index in [0.717, 1.165) is 45.9 Å². The Hall–Kier alpha value is -2.42. The molecule has 0 radical (unpaired) electrons. The molecule has 132 valence electrons. The minimum absolute atomic E-state index is 0.451. The maximum absolute atomic E-state index is 4.92. The van der Waals surface area contributed by atoms with Crippen LogP contribution in [0.25, 0.3) is 22.3 Å². The third-order valence-electron chi connectivity index (χ3n) is 6.43. The van der Waals surface area contributed by atoms with E-state index in [-0.39, 0.29) is 0 Å². The predicted molar refractivity (Wildman–Crippen MR) is 107 cm³/mol. The number of rotatable bonds is 4. The van der Waals surface area contributed by atoms with Crippen molar-refractivity contribution in [3.63, 3.8) is 0 Å². The average molecular weight is 343 g/mol. The second kappa shape index (κ2) is 6.39. The summed E-state index contributed by atoms with van der Waals surface area (Å²) in [6.45, 7) is 2.34. The predicted octanol–water partition coefficient (Wildman–Crippen LogP) is 5.53. The molecule has 1 aromatic heterocycles. The molecule has 2 bridgehead atoms. The summed E-state index contributed by atoms with van der Waals surface area (Å²) in [7, 11) is 0. The monoisotopic (exact) mass is 343 g/mol. The Balaban J connectivity index is 1.51. The van der Waals surface area contributed by atoms with Crippen molar-refractivity contribution in [2.45, 2.75) is 38.6 Å². The maximum atomic E-state index is 4.92. The number of fused-ring (bicyclic) bond motifs is 3. The van der Waals surface area contributed by atoms with Gasteiger partial charge in [0, 0.05) is 17.0 Å². The lowest BCUT2D eigenvalue weighted by atomic mass is 9.84. The Bertz CT molecular complexity index is 921. The highest BCUT2D eigenvalue weighted by atomic mass is 15.1. The van der Waals surface area contributed by atoms with Crippen molar-refractivity contribution in [1.82, 2.24) is 9.97 Å². The number of benzene rings is 2. The van der Waals surface area contributed by atoms with Crippen molar-refractivity contribution >= 4 is 16.7 Å². The largest absolute Gasteiger partial charge is 0.367 e. The summed E-state index contributed by atoms with van der Waals surface area (Å²) in [5, 5.41) is 4.88. The van der Waals surface area contributed by atoms with Crippen LogP contribution in [0.3, 0.4) is 0 Å². The molecule has 0 amide bonds. The van der Waals surface area contributed by atoms with Crippen LogP contribution in [0.4, 0.5) is 5.82 Å². The molecule has 3 aromatic rings. The summed E-state index contributed by atoms with van der Waals surface area (Å²) in [6.07, 6.45) is 5.69. The lowest BCUT2D eigenvalue weighted by Crippen LogP contribution is -2.30. The normalized spacial score (nSPS) is 25.5. The summed E-state index contributed by atoms with van der Waals surface area (Å²) < 4.78 is 0. The molecule has 4 atom stereocenters. The van der Waals surface area contributed by atoms with E-state index in [1.165, 1.54) is 25.7 Å². The van der Waals surface area contributed by atoms with E-state index in [0.29, 0.717) is 6.04 Å². The molecular formula is C23H25N3. The highest BCUT2D eigenvalue weighted by Gasteiger charge is 2.41. The molecule has 0 spiro atoms. The Labute approximate surface area is 154 Å². The van der Waals surface area contributed by atoms with Crippen LogP contribution < -0.4 is 5.32 Å². The SMILES string of the molecule is CC(Nc1nc(-c2ccccc2)nc2ccccc12)C1CC2CCC1C2. The van der Waals surface area contributed by atoms with E-state index in [2.05, 4.69) is 42.6 Å². The minimum Gasteiger partial charge on any atom is -0.367 e. The first-order valence-corrected chi connectivity index (χ1v) is 9.86. The number of nitrogens with one attached hydrogen (secondary N) is 1. The molecule has 3 heteroatoms. The van der Waals surface area contributed by atoms with Crippen molar-refractivity contribution in [3.05, 3.63) is 54.6 Å². The molecule has 2 aromatic carbocycles. The molecule has 5 rings (SSSR count). The van der Waals surface area contributed by atoms with E-state index in [1.807, 2.05) is 24.3 Å². The molecule has 4 unspecified atom stereocenters. The third-order valence-corrected chi connectivity index (χ3v) is 6.43. The summed E-state index contributed by atoms with van der Waals surface area (Å²) in [4.78, 5) is 9.72. The second-order valence-electron chi connectivity index (χ2n) is 8.05. The lowest BCUT2D eigenvalue weighted by Gasteiger charge is -2.29. The van der Waals surface area contributed by atoms with Gasteiger partial charge in [0.05, 0.1) is 5.52 Å². The van der Waals surface area contributed by atoms with E-state index < -0.39 is 0 Å². The Kier molecular flexibility index (Phi) is 3.88. The van der Waals surface area contributed by atoms with Gasteiger partial charge in [0.2, 0.25) is 0 Å². The van der Waals surface area contributed by atoms with Crippen molar-refractivity contribution in [3.8, 4) is 11.4 Å². The molecule has 2 fully saturated rings. The quantitative estimate of drug-likeness (QED) is 0.676. The molecule has 0 saturated heterocycles. The zero-order valence-electron chi connectivity index (χ0n) is 15.2. The van der Waals surface area contributed by atoms with Crippen molar-refractivity contribution < 1.29 is 0 Å². The van der Waals surface area contributed by atoms with Gasteiger partial charge in [-0.25, -0.2) is 9.97 Å². The van der Waals surface area contributed by atoms with Gasteiger partial charge in [-0.1, -0.05) is 48.9 Å². The van der Waals surface area contributed by atoms with Gasteiger partial charge in [0.25, 0.3) is 0 Å². The van der Waals surface area contributed by atoms with Crippen molar-refractivity contribution in [1.29, 1.82) is 0 Å². The van der Waals surface area contributed by atoms with Crippen molar-refractivity contribution in [2.24, 2.45) is 17.8 Å². The summed E-state index contributed by atoms with van der Waals surface area (Å²) in [6, 6.07) is 19.0. The van der Waals surface area contributed by atoms with Gasteiger partial charge < -0.3 is 5.32 Å². The molecule has 2 saturated carbocycles. The number of anilines is 1. The highest BCUT2D eigenvalue weighted by molar-refractivity contribution is 5.90. The number of aromatic nitrogens is 2. The van der Waals surface area contributed by atoms with E-state index in [1.54, 1.807) is 0 Å². The lowest BCUT2D eigenvalue weighted by molar-refractivity contribution is 0.304. The first kappa shape index (κ1) is 15.8. The molecule has 2 aliphatic carbocycles. The summed E-state index contributed by atoms with van der Waals surface area (Å²) in [5.74, 6) is 4.43. The number of para-hydroxylation sites is 1. The van der Waals surface area contributed by atoms with Crippen molar-refractivity contribution in [2.75, 3.05) is 5.32 Å². The molecular weight excluding hydrogens is 318 g/mol. The Morgan fingerprint density at radius 2 is 1.73 bits per heavy atom. The third kappa shape index (κ3) is 2.76. The topological polar surface area (TPSA) is 37.8 Å². The van der Waals surface area contributed by atoms with Gasteiger partial charge in [-0.3, -0.25) is 0 Å². The fourth-order valence-corrected chi connectivity index (χ4v) is 5.13. The second-order valence-corrected chi connectivity index (χ2v) is 8.05. The molecule has 0 aliphatic heterocycles. The highest BCUT2D eigenvalue weighted by Crippen LogP contribution is 2.50. The van der Waals surface area contributed by atoms with Gasteiger partial charge in [0.1, 0.15) is 5.82 Å². The zero-order chi connectivity index (χ0) is 17.5. The number of nitrogens with zero attached hydrogens (tertiary/aromatic N) is 2. The number of hydrogen-bond donors (Lipinski definition) is 1. The minimum atomic E-state index is 0.451. The molecule has 1 N–H and O–H groups in total. The first-order chi connectivity index (χ1) is 12.8. The fraction of sp³-hybridized carbons (Fsp3) is 0.391. The van der Waals surface area contributed by atoms with Crippen LogP contribution >= 0.6 is 0 Å². The average Bonchev–Trinajstić information content (AvgIpc) is 3.32. The smallest absolute Gasteiger partial charge is 0.162 e. The number of hydrogen-bond acceptors (Lipinski definition) is 3. The zero-order valence-corrected chi connectivity index (χ0v) is 15.2. The van der Waals surface area contributed by atoms with E-state index in [9.17, 15) is 0 Å². The van der Waals surface area contributed by atoms with E-state index in [4.69, 9.17) is 9.97 Å². The Morgan fingerprint density at radius 3 is 2.50 bits per heavy atom. The van der Waals surface area contributed by atoms with Gasteiger partial charge in [-0.2, -0.15) is 0 Å². The van der Waals surface area contributed by atoms with Gasteiger partial charge in [0.15, 0.2) is 5.82 Å². The maximum Gasteiger partial charge on any atom is 0.162 e. The molecule has 3 nitrogen and oxygen atoms in total. The van der Waals surface area contributed by atoms with Crippen LogP contribution in [-0.4, -0.2) is 16.0 Å². The van der Waals surface area contributed by atoms with Crippen LogP contribution in [0.2, 0.25) is 0 Å². The van der Waals surface area contributed by atoms with Gasteiger partial charge in [-0.15, -0.1) is 0 Å². The van der Waals surface area contributed by atoms with Gasteiger partial charge in [-0.05, 0) is 56.1 Å². The van der Waals surface area contributed by atoms with Gasteiger partial charge >= 0.3 is 0 Å². The summed E-state index contributed by atoms with van der Waals surface area (Å²) in [5.41, 5.74) is 2.07. The standard InChI is InChI=1S/C23H25N3/c1-15(20-14-16-11-12-18(20)13-16)24-23-19-9-5-6-10-21(19)25-22(26-23)17-7-3-2-4-8-17/h2-10,15-16,18,20H,11-14H2,1H3,(H,24,25,26). The fourth-order valence-electron chi connectivity index (χ4n) is 5.13. The van der Waals surface area contributed by atoms with Crippen LogP contribution in [0, 0.1) is 17.8 Å². The van der Waals surface area contributed by atoms with Crippen LogP contribution in [0.15, 0.2) is 54.6 Å². The van der Waals surface area contributed by atoms with Crippen LogP contribution in [-0.2, 0) is 0 Å². The molecule has 1 heterocycles. The first-order valence-electron chi connectivity index (χ1n) is 9.86. The Morgan fingerprint density at radius 1 is 0.923 bits per heavy atom. The summed E-state index contributed by atoms with van der Waals surface area (Å²) >= 11 is 0. The molecule has 2 aliphatic rings. The molecule has 26 heavy (non-hydrogen) atoms.